The zero-order valence-corrected chi connectivity index (χ0v) is 12.8. The van der Waals surface area contributed by atoms with Gasteiger partial charge >= 0.3 is 0 Å². The van der Waals surface area contributed by atoms with Crippen LogP contribution in [0.1, 0.15) is 12.7 Å². The summed E-state index contributed by atoms with van der Waals surface area (Å²) in [7, 11) is 5.65. The van der Waals surface area contributed by atoms with Crippen LogP contribution in [-0.4, -0.2) is 62.4 Å². The summed E-state index contributed by atoms with van der Waals surface area (Å²) in [5, 5.41) is 3.22. The van der Waals surface area contributed by atoms with Crippen LogP contribution in [0.3, 0.4) is 0 Å². The van der Waals surface area contributed by atoms with Crippen molar-refractivity contribution in [3.8, 4) is 5.88 Å². The van der Waals surface area contributed by atoms with Gasteiger partial charge in [0.25, 0.3) is 0 Å². The van der Waals surface area contributed by atoms with E-state index in [0.29, 0.717) is 36.4 Å². The van der Waals surface area contributed by atoms with Crippen molar-refractivity contribution in [3.63, 3.8) is 0 Å². The van der Waals surface area contributed by atoms with Crippen molar-refractivity contribution in [2.24, 2.45) is 0 Å². The quantitative estimate of drug-likeness (QED) is 0.642. The molecule has 0 aromatic carbocycles. The molecule has 0 spiro atoms. The maximum absolute atomic E-state index is 6.04. The molecule has 0 saturated heterocycles. The summed E-state index contributed by atoms with van der Waals surface area (Å²) in [5.41, 5.74) is 6.48. The highest BCUT2D eigenvalue weighted by Crippen LogP contribution is 2.26. The van der Waals surface area contributed by atoms with Crippen LogP contribution >= 0.6 is 0 Å². The average Bonchev–Trinajstić information content (AvgIpc) is 2.42. The molecule has 0 bridgehead atoms. The van der Waals surface area contributed by atoms with Crippen molar-refractivity contribution >= 4 is 11.5 Å². The predicted molar refractivity (Wildman–Crippen MR) is 80.2 cm³/mol. The van der Waals surface area contributed by atoms with E-state index in [2.05, 4.69) is 20.2 Å². The van der Waals surface area contributed by atoms with Gasteiger partial charge in [0.05, 0.1) is 6.61 Å². The van der Waals surface area contributed by atoms with Gasteiger partial charge in [0.15, 0.2) is 5.82 Å². The molecule has 0 aliphatic carbocycles. The van der Waals surface area contributed by atoms with Crippen molar-refractivity contribution in [1.82, 2.24) is 14.9 Å². The zero-order valence-electron chi connectivity index (χ0n) is 12.8. The first-order chi connectivity index (χ1) is 9.58. The van der Waals surface area contributed by atoms with E-state index >= 15 is 0 Å². The number of nitrogens with zero attached hydrogens (tertiary/aromatic N) is 3. The third-order valence-electron chi connectivity index (χ3n) is 2.65. The Morgan fingerprint density at radius 3 is 2.60 bits per heavy atom. The highest BCUT2D eigenvalue weighted by Gasteiger charge is 2.12. The largest absolute Gasteiger partial charge is 0.474 e. The maximum atomic E-state index is 6.04. The number of nitrogens with two attached hydrogens (primary N) is 1. The van der Waals surface area contributed by atoms with E-state index in [4.69, 9.17) is 15.2 Å². The molecule has 0 radical (unpaired) electrons. The molecule has 1 aromatic heterocycles. The monoisotopic (exact) mass is 283 g/mol. The molecule has 20 heavy (non-hydrogen) atoms. The normalized spacial score (nSPS) is 10.8. The molecular formula is C13H25N5O2. The second-order valence-corrected chi connectivity index (χ2v) is 4.63. The second kappa shape index (κ2) is 8.55. The molecule has 3 N–H and O–H groups in total. The van der Waals surface area contributed by atoms with Gasteiger partial charge < -0.3 is 25.4 Å². The number of rotatable bonds is 9. The van der Waals surface area contributed by atoms with Gasteiger partial charge in [-0.05, 0) is 14.1 Å². The van der Waals surface area contributed by atoms with E-state index in [-0.39, 0.29) is 0 Å². The molecule has 0 fully saturated rings. The van der Waals surface area contributed by atoms with Gasteiger partial charge in [-0.3, -0.25) is 0 Å². The minimum Gasteiger partial charge on any atom is -0.474 e. The Bertz CT molecular complexity index is 412. The van der Waals surface area contributed by atoms with E-state index < -0.39 is 0 Å². The van der Waals surface area contributed by atoms with Gasteiger partial charge in [-0.2, -0.15) is 4.98 Å². The van der Waals surface area contributed by atoms with Crippen LogP contribution in [0.4, 0.5) is 11.5 Å². The number of hydrogen-bond donors (Lipinski definition) is 2. The third-order valence-corrected chi connectivity index (χ3v) is 2.65. The van der Waals surface area contributed by atoms with Crippen molar-refractivity contribution < 1.29 is 9.47 Å². The second-order valence-electron chi connectivity index (χ2n) is 4.63. The number of nitrogen functional groups attached to an aromatic ring is 1. The molecule has 1 heterocycles. The molecule has 1 rings (SSSR count). The van der Waals surface area contributed by atoms with Crippen molar-refractivity contribution in [2.45, 2.75) is 13.3 Å². The molecular weight excluding hydrogens is 258 g/mol. The van der Waals surface area contributed by atoms with Gasteiger partial charge in [-0.15, -0.1) is 0 Å². The Hall–Kier alpha value is -1.60. The first-order valence-electron chi connectivity index (χ1n) is 6.75. The summed E-state index contributed by atoms with van der Waals surface area (Å²) in [4.78, 5) is 10.8. The fourth-order valence-corrected chi connectivity index (χ4v) is 1.52. The molecule has 114 valence electrons. The Morgan fingerprint density at radius 2 is 2.00 bits per heavy atom. The van der Waals surface area contributed by atoms with Crippen LogP contribution in [0.2, 0.25) is 0 Å². The van der Waals surface area contributed by atoms with Crippen molar-refractivity contribution in [2.75, 3.05) is 58.6 Å². The van der Waals surface area contributed by atoms with E-state index in [1.807, 2.05) is 21.0 Å². The van der Waals surface area contributed by atoms with E-state index in [1.165, 1.54) is 0 Å². The minimum absolute atomic E-state index is 0.415. The van der Waals surface area contributed by atoms with Crippen LogP contribution in [0.15, 0.2) is 0 Å². The van der Waals surface area contributed by atoms with Gasteiger partial charge in [0.2, 0.25) is 5.88 Å². The van der Waals surface area contributed by atoms with Crippen LogP contribution in [0.5, 0.6) is 5.88 Å². The fourth-order valence-electron chi connectivity index (χ4n) is 1.52. The average molecular weight is 283 g/mol. The Balaban J connectivity index is 2.78. The number of likely N-dealkylation sites (N-methyl/N-ethyl adjacent to an activating group) is 1. The van der Waals surface area contributed by atoms with Crippen molar-refractivity contribution in [1.29, 1.82) is 0 Å². The smallest absolute Gasteiger partial charge is 0.242 e. The van der Waals surface area contributed by atoms with Gasteiger partial charge in [0.1, 0.15) is 18.1 Å². The Labute approximate surface area is 120 Å². The highest BCUT2D eigenvalue weighted by molar-refractivity contribution is 5.66. The highest BCUT2D eigenvalue weighted by atomic mass is 16.5. The molecule has 7 heteroatoms. The van der Waals surface area contributed by atoms with Gasteiger partial charge in [-0.1, -0.05) is 6.92 Å². The summed E-state index contributed by atoms with van der Waals surface area (Å²) >= 11 is 0. The van der Waals surface area contributed by atoms with E-state index in [0.717, 1.165) is 19.5 Å². The molecule has 0 saturated carbocycles. The van der Waals surface area contributed by atoms with Crippen LogP contribution in [0.25, 0.3) is 0 Å². The topological polar surface area (TPSA) is 85.5 Å². The molecule has 0 amide bonds. The Kier molecular flexibility index (Phi) is 7.03. The van der Waals surface area contributed by atoms with Crippen LogP contribution in [0, 0.1) is 0 Å². The third kappa shape index (κ3) is 5.18. The van der Waals surface area contributed by atoms with Crippen LogP contribution in [-0.2, 0) is 11.2 Å². The SMILES string of the molecule is CCc1nc(NCCN(C)C)c(N)c(OCCOC)n1. The molecule has 7 nitrogen and oxygen atoms in total. The number of hydrogen-bond acceptors (Lipinski definition) is 7. The summed E-state index contributed by atoms with van der Waals surface area (Å²) in [5.74, 6) is 1.76. The summed E-state index contributed by atoms with van der Waals surface area (Å²) in [6.45, 7) is 4.56. The maximum Gasteiger partial charge on any atom is 0.242 e. The van der Waals surface area contributed by atoms with Gasteiger partial charge in [-0.25, -0.2) is 4.98 Å². The summed E-state index contributed by atoms with van der Waals surface area (Å²) in [6.07, 6.45) is 0.725. The lowest BCUT2D eigenvalue weighted by molar-refractivity contribution is 0.144. The lowest BCUT2D eigenvalue weighted by Crippen LogP contribution is -2.22. The van der Waals surface area contributed by atoms with Crippen molar-refractivity contribution in [3.05, 3.63) is 5.82 Å². The summed E-state index contributed by atoms with van der Waals surface area (Å²) in [6, 6.07) is 0. The first kappa shape index (κ1) is 16.5. The van der Waals surface area contributed by atoms with E-state index in [1.54, 1.807) is 7.11 Å². The number of nitrogens with one attached hydrogen (secondary N) is 1. The summed E-state index contributed by atoms with van der Waals surface area (Å²) < 4.78 is 10.5. The molecule has 0 unspecified atom stereocenters. The number of anilines is 2. The lowest BCUT2D eigenvalue weighted by atomic mass is 10.4. The molecule has 0 aliphatic heterocycles. The number of ether oxygens (including phenoxy) is 2. The van der Waals surface area contributed by atoms with Crippen LogP contribution < -0.4 is 15.8 Å². The lowest BCUT2D eigenvalue weighted by Gasteiger charge is -2.15. The number of aryl methyl sites for hydroxylation is 1. The first-order valence-corrected chi connectivity index (χ1v) is 6.75. The van der Waals surface area contributed by atoms with Gasteiger partial charge in [0, 0.05) is 26.6 Å². The zero-order chi connectivity index (χ0) is 15.0. The standard InChI is InChI=1S/C13H25N5O2/c1-5-10-16-12(15-6-7-18(2)3)11(14)13(17-10)20-9-8-19-4/h5-9,14H2,1-4H3,(H,15,16,17). The minimum atomic E-state index is 0.415. The predicted octanol–water partition coefficient (Wildman–Crippen LogP) is 0.620. The molecule has 1 aromatic rings. The number of methoxy groups -OCH3 is 1. The fraction of sp³-hybridized carbons (Fsp3) is 0.692. The molecule has 0 atom stereocenters. The van der Waals surface area contributed by atoms with E-state index in [9.17, 15) is 0 Å². The number of aromatic nitrogens is 2. The molecule has 0 aliphatic rings. The Morgan fingerprint density at radius 1 is 1.25 bits per heavy atom.